The topological polar surface area (TPSA) is 76.7 Å². The number of hydrogen-bond donors (Lipinski definition) is 2. The van der Waals surface area contributed by atoms with Gasteiger partial charge in [-0.15, -0.1) is 11.3 Å². The van der Waals surface area contributed by atoms with Crippen LogP contribution in [0.15, 0.2) is 30.3 Å². The van der Waals surface area contributed by atoms with Gasteiger partial charge in [0.15, 0.2) is 0 Å². The molecule has 1 aromatic heterocycles. The van der Waals surface area contributed by atoms with Gasteiger partial charge in [0.05, 0.1) is 30.9 Å². The van der Waals surface area contributed by atoms with Crippen molar-refractivity contribution in [3.63, 3.8) is 0 Å². The van der Waals surface area contributed by atoms with E-state index in [2.05, 4.69) is 10.6 Å². The summed E-state index contributed by atoms with van der Waals surface area (Å²) in [6, 6.07) is 9.87. The lowest BCUT2D eigenvalue weighted by Crippen LogP contribution is -2.32. The highest BCUT2D eigenvalue weighted by molar-refractivity contribution is 7.17. The van der Waals surface area contributed by atoms with Crippen molar-refractivity contribution in [2.45, 2.75) is 45.9 Å². The fraction of sp³-hybridized carbons (Fsp3) is 0.429. The summed E-state index contributed by atoms with van der Waals surface area (Å²) in [5.74, 6) is -0.592. The lowest BCUT2D eigenvalue weighted by Gasteiger charge is -2.30. The summed E-state index contributed by atoms with van der Waals surface area (Å²) in [6.45, 7) is 7.23. The fourth-order valence-corrected chi connectivity index (χ4v) is 4.28. The zero-order valence-electron chi connectivity index (χ0n) is 16.5. The normalized spacial score (nSPS) is 15.0. The minimum Gasteiger partial charge on any atom is -0.462 e. The first-order chi connectivity index (χ1) is 13.4. The van der Waals surface area contributed by atoms with E-state index in [0.717, 1.165) is 16.0 Å². The summed E-state index contributed by atoms with van der Waals surface area (Å²) in [5.41, 5.74) is 2.14. The molecule has 1 amide bonds. The Morgan fingerprint density at radius 2 is 2.00 bits per heavy atom. The third-order valence-electron chi connectivity index (χ3n) is 4.48. The SMILES string of the molecule is CCOC(=O)c1c(NC(=O)CNCc2ccccc2)sc2c1CC(C)(C)OC2. The lowest BCUT2D eigenvalue weighted by atomic mass is 9.93. The van der Waals surface area contributed by atoms with Crippen LogP contribution in [0.25, 0.3) is 0 Å². The second-order valence-electron chi connectivity index (χ2n) is 7.29. The van der Waals surface area contributed by atoms with Gasteiger partial charge in [-0.25, -0.2) is 4.79 Å². The van der Waals surface area contributed by atoms with Crippen LogP contribution in [0.1, 0.15) is 47.1 Å². The van der Waals surface area contributed by atoms with Gasteiger partial charge < -0.3 is 20.1 Å². The van der Waals surface area contributed by atoms with E-state index < -0.39 is 5.97 Å². The number of hydrogen-bond acceptors (Lipinski definition) is 6. The van der Waals surface area contributed by atoms with E-state index in [0.29, 0.717) is 30.1 Å². The molecule has 2 aromatic rings. The summed E-state index contributed by atoms with van der Waals surface area (Å²) in [5, 5.41) is 6.54. The maximum absolute atomic E-state index is 12.6. The number of esters is 1. The number of benzene rings is 1. The van der Waals surface area contributed by atoms with Gasteiger partial charge in [0.1, 0.15) is 5.00 Å². The zero-order chi connectivity index (χ0) is 20.1. The van der Waals surface area contributed by atoms with Gasteiger partial charge in [-0.05, 0) is 31.9 Å². The quantitative estimate of drug-likeness (QED) is 0.693. The summed E-state index contributed by atoms with van der Waals surface area (Å²) in [6.07, 6.45) is 0.606. The highest BCUT2D eigenvalue weighted by Gasteiger charge is 2.34. The van der Waals surface area contributed by atoms with Crippen molar-refractivity contribution < 1.29 is 19.1 Å². The molecule has 0 fully saturated rings. The standard InChI is InChI=1S/C21H26N2O4S/c1-4-26-20(25)18-15-10-21(2,3)27-13-16(15)28-19(18)23-17(24)12-22-11-14-8-6-5-7-9-14/h5-9,22H,4,10-13H2,1-3H3,(H,23,24). The second-order valence-corrected chi connectivity index (χ2v) is 8.40. The molecule has 7 heteroatoms. The van der Waals surface area contributed by atoms with Crippen LogP contribution in [-0.2, 0) is 33.8 Å². The number of anilines is 1. The van der Waals surface area contributed by atoms with Crippen LogP contribution in [0.3, 0.4) is 0 Å². The van der Waals surface area contributed by atoms with Crippen molar-refractivity contribution in [3.8, 4) is 0 Å². The summed E-state index contributed by atoms with van der Waals surface area (Å²) < 4.78 is 11.1. The molecule has 1 aliphatic heterocycles. The molecule has 28 heavy (non-hydrogen) atoms. The monoisotopic (exact) mass is 402 g/mol. The Balaban J connectivity index is 1.71. The number of ether oxygens (including phenoxy) is 2. The molecular weight excluding hydrogens is 376 g/mol. The molecule has 150 valence electrons. The molecule has 0 bridgehead atoms. The minimum atomic E-state index is -0.398. The molecule has 0 radical (unpaired) electrons. The van der Waals surface area contributed by atoms with Crippen molar-refractivity contribution in [1.29, 1.82) is 0 Å². The molecule has 0 aliphatic carbocycles. The van der Waals surface area contributed by atoms with E-state index >= 15 is 0 Å². The molecule has 3 rings (SSSR count). The molecule has 2 N–H and O–H groups in total. The number of rotatable bonds is 7. The van der Waals surface area contributed by atoms with Crippen molar-refractivity contribution in [1.82, 2.24) is 5.32 Å². The third kappa shape index (κ3) is 4.98. The number of carbonyl (C=O) groups is 2. The minimum absolute atomic E-state index is 0.154. The van der Waals surface area contributed by atoms with Gasteiger partial charge in [-0.2, -0.15) is 0 Å². The zero-order valence-corrected chi connectivity index (χ0v) is 17.3. The number of fused-ring (bicyclic) bond motifs is 1. The van der Waals surface area contributed by atoms with Crippen LogP contribution in [0.4, 0.5) is 5.00 Å². The molecule has 0 unspecified atom stereocenters. The highest BCUT2D eigenvalue weighted by Crippen LogP contribution is 2.40. The summed E-state index contributed by atoms with van der Waals surface area (Å²) in [7, 11) is 0. The average molecular weight is 403 g/mol. The molecule has 0 spiro atoms. The van der Waals surface area contributed by atoms with E-state index in [4.69, 9.17) is 9.47 Å². The molecule has 6 nitrogen and oxygen atoms in total. The maximum Gasteiger partial charge on any atom is 0.341 e. The van der Waals surface area contributed by atoms with E-state index in [-0.39, 0.29) is 24.7 Å². The van der Waals surface area contributed by atoms with Crippen LogP contribution in [-0.4, -0.2) is 30.6 Å². The Morgan fingerprint density at radius 1 is 1.25 bits per heavy atom. The van der Waals surface area contributed by atoms with Crippen LogP contribution >= 0.6 is 11.3 Å². The second kappa shape index (κ2) is 8.86. The Hall–Kier alpha value is -2.22. The first-order valence-corrected chi connectivity index (χ1v) is 10.2. The van der Waals surface area contributed by atoms with Crippen molar-refractivity contribution >= 4 is 28.2 Å². The van der Waals surface area contributed by atoms with Gasteiger partial charge in [-0.1, -0.05) is 30.3 Å². The van der Waals surface area contributed by atoms with Gasteiger partial charge in [0, 0.05) is 17.8 Å². The number of carbonyl (C=O) groups excluding carboxylic acids is 2. The summed E-state index contributed by atoms with van der Waals surface area (Å²) >= 11 is 1.39. The largest absolute Gasteiger partial charge is 0.462 e. The predicted molar refractivity (Wildman–Crippen MR) is 110 cm³/mol. The molecule has 0 atom stereocenters. The average Bonchev–Trinajstić information content (AvgIpc) is 2.98. The van der Waals surface area contributed by atoms with E-state index in [1.165, 1.54) is 11.3 Å². The van der Waals surface area contributed by atoms with Gasteiger partial charge >= 0.3 is 5.97 Å². The van der Waals surface area contributed by atoms with Crippen molar-refractivity contribution in [3.05, 3.63) is 51.9 Å². The van der Waals surface area contributed by atoms with Gasteiger partial charge in [0.25, 0.3) is 0 Å². The Bertz CT molecular complexity index is 846. The van der Waals surface area contributed by atoms with Crippen LogP contribution in [0, 0.1) is 0 Å². The Labute approximate surface area is 169 Å². The smallest absolute Gasteiger partial charge is 0.341 e. The van der Waals surface area contributed by atoms with E-state index in [1.54, 1.807) is 6.92 Å². The molecule has 1 aromatic carbocycles. The van der Waals surface area contributed by atoms with Crippen LogP contribution < -0.4 is 10.6 Å². The molecule has 0 saturated carbocycles. The first-order valence-electron chi connectivity index (χ1n) is 9.39. The molecule has 2 heterocycles. The van der Waals surface area contributed by atoms with Crippen LogP contribution in [0.5, 0.6) is 0 Å². The Kier molecular flexibility index (Phi) is 6.49. The highest BCUT2D eigenvalue weighted by atomic mass is 32.1. The predicted octanol–water partition coefficient (Wildman–Crippen LogP) is 3.50. The maximum atomic E-state index is 12.6. The van der Waals surface area contributed by atoms with E-state index in [1.807, 2.05) is 44.2 Å². The molecular formula is C21H26N2O4S. The van der Waals surface area contributed by atoms with Crippen LogP contribution in [0.2, 0.25) is 0 Å². The van der Waals surface area contributed by atoms with Crippen molar-refractivity contribution in [2.75, 3.05) is 18.5 Å². The van der Waals surface area contributed by atoms with Crippen molar-refractivity contribution in [2.24, 2.45) is 0 Å². The molecule has 1 aliphatic rings. The number of amides is 1. The lowest BCUT2D eigenvalue weighted by molar-refractivity contribution is -0.115. The van der Waals surface area contributed by atoms with E-state index in [9.17, 15) is 9.59 Å². The number of nitrogens with one attached hydrogen (secondary N) is 2. The number of thiophene rings is 1. The van der Waals surface area contributed by atoms with Gasteiger partial charge in [-0.3, -0.25) is 4.79 Å². The first kappa shape index (κ1) is 20.5. The fourth-order valence-electron chi connectivity index (χ4n) is 3.15. The third-order valence-corrected chi connectivity index (χ3v) is 5.60. The molecule has 0 saturated heterocycles. The van der Waals surface area contributed by atoms with Gasteiger partial charge in [0.2, 0.25) is 5.91 Å². The Morgan fingerprint density at radius 3 is 2.71 bits per heavy atom. The summed E-state index contributed by atoms with van der Waals surface area (Å²) in [4.78, 5) is 26.0.